The number of fused-ring (bicyclic) bond motifs is 1. The van der Waals surface area contributed by atoms with Gasteiger partial charge in [-0.1, -0.05) is 18.2 Å². The fourth-order valence-corrected chi connectivity index (χ4v) is 4.06. The molecule has 9 heteroatoms. The first-order valence-electron chi connectivity index (χ1n) is 10.8. The van der Waals surface area contributed by atoms with Gasteiger partial charge in [-0.05, 0) is 67.7 Å². The first-order chi connectivity index (χ1) is 15.5. The minimum absolute atomic E-state index is 0. The van der Waals surface area contributed by atoms with E-state index in [0.717, 1.165) is 61.3 Å². The zero-order valence-corrected chi connectivity index (χ0v) is 19.9. The summed E-state index contributed by atoms with van der Waals surface area (Å²) in [4.78, 5) is 20.4. The molecular formula is C24H27Cl2FN4O2. The normalized spacial score (nSPS) is 16.3. The summed E-state index contributed by atoms with van der Waals surface area (Å²) in [6, 6.07) is 13.9. The van der Waals surface area contributed by atoms with Gasteiger partial charge in [-0.3, -0.25) is 4.79 Å². The second kappa shape index (κ2) is 11.6. The van der Waals surface area contributed by atoms with Gasteiger partial charge in [-0.25, -0.2) is 14.4 Å². The topological polar surface area (TPSA) is 67.3 Å². The van der Waals surface area contributed by atoms with Gasteiger partial charge in [0.2, 0.25) is 11.1 Å². The first kappa shape index (κ1) is 25.1. The standard InChI is InChI=1S/C22H23FN4O.C2H3ClO.ClH/c23-17-11-19(15-7-9-24-10-8-15)22(25-12-17)28-18-13-27(14-18)21-6-5-16-3-1-2-4-20(16)26-21;1-2(3)4;/h1-6,11-12,15,18,24H,7-10,13-14H2;1H3;1H. The van der Waals surface area contributed by atoms with Crippen LogP contribution in [0.25, 0.3) is 10.9 Å². The maximum atomic E-state index is 13.8. The summed E-state index contributed by atoms with van der Waals surface area (Å²) >= 11 is 4.64. The molecule has 0 saturated carbocycles. The molecular weight excluding hydrogens is 466 g/mol. The Morgan fingerprint density at radius 2 is 1.88 bits per heavy atom. The van der Waals surface area contributed by atoms with E-state index < -0.39 is 0 Å². The molecule has 2 aromatic heterocycles. The second-order valence-electron chi connectivity index (χ2n) is 8.05. The molecule has 1 aromatic carbocycles. The molecule has 0 bridgehead atoms. The van der Waals surface area contributed by atoms with Gasteiger partial charge in [0.25, 0.3) is 0 Å². The van der Waals surface area contributed by atoms with Gasteiger partial charge in [0, 0.05) is 17.9 Å². The number of nitrogens with zero attached hydrogens (tertiary/aromatic N) is 3. The van der Waals surface area contributed by atoms with Crippen molar-refractivity contribution in [2.45, 2.75) is 31.8 Å². The lowest BCUT2D eigenvalue weighted by Gasteiger charge is -2.40. The molecule has 6 nitrogen and oxygen atoms in total. The Labute approximate surface area is 203 Å². The Kier molecular flexibility index (Phi) is 8.83. The molecule has 176 valence electrons. The lowest BCUT2D eigenvalue weighted by molar-refractivity contribution is -0.109. The SMILES string of the molecule is CC(=O)Cl.Cl.Fc1cnc(OC2CN(c3ccc4ccccc4n3)C2)c(C2CCNCC2)c1. The van der Waals surface area contributed by atoms with Gasteiger partial charge >= 0.3 is 0 Å². The van der Waals surface area contributed by atoms with Crippen molar-refractivity contribution >= 4 is 46.0 Å². The van der Waals surface area contributed by atoms with Crippen molar-refractivity contribution in [3.05, 3.63) is 60.0 Å². The highest BCUT2D eigenvalue weighted by atomic mass is 35.5. The van der Waals surface area contributed by atoms with E-state index in [2.05, 4.69) is 45.0 Å². The van der Waals surface area contributed by atoms with E-state index in [1.165, 1.54) is 13.1 Å². The van der Waals surface area contributed by atoms with Gasteiger partial charge in [0.15, 0.2) is 0 Å². The molecule has 0 amide bonds. The molecule has 1 N–H and O–H groups in total. The number of carbonyl (C=O) groups is 1. The lowest BCUT2D eigenvalue weighted by Crippen LogP contribution is -2.54. The molecule has 0 aliphatic carbocycles. The van der Waals surface area contributed by atoms with Gasteiger partial charge in [-0.15, -0.1) is 12.4 Å². The average Bonchev–Trinajstić information content (AvgIpc) is 2.76. The van der Waals surface area contributed by atoms with Crippen LogP contribution in [-0.4, -0.2) is 47.5 Å². The predicted octanol–water partition coefficient (Wildman–Crippen LogP) is 4.70. The van der Waals surface area contributed by atoms with Crippen LogP contribution >= 0.6 is 24.0 Å². The van der Waals surface area contributed by atoms with Crippen molar-refractivity contribution in [1.29, 1.82) is 0 Å². The van der Waals surface area contributed by atoms with Crippen molar-refractivity contribution in [3.8, 4) is 5.88 Å². The van der Waals surface area contributed by atoms with E-state index in [1.54, 1.807) is 6.07 Å². The monoisotopic (exact) mass is 492 g/mol. The summed E-state index contributed by atoms with van der Waals surface area (Å²) < 4.78 is 20.0. The van der Waals surface area contributed by atoms with Gasteiger partial charge in [0.1, 0.15) is 17.7 Å². The average molecular weight is 493 g/mol. The Morgan fingerprint density at radius 1 is 1.18 bits per heavy atom. The minimum atomic E-state index is -0.361. The van der Waals surface area contributed by atoms with Gasteiger partial charge < -0.3 is 15.0 Å². The summed E-state index contributed by atoms with van der Waals surface area (Å²) in [5, 5.41) is 4.13. The van der Waals surface area contributed by atoms with Gasteiger partial charge in [0.05, 0.1) is 24.8 Å². The number of piperidine rings is 1. The number of pyridine rings is 2. The van der Waals surface area contributed by atoms with Crippen LogP contribution in [0.3, 0.4) is 0 Å². The van der Waals surface area contributed by atoms with E-state index in [4.69, 9.17) is 9.72 Å². The molecule has 0 spiro atoms. The number of rotatable bonds is 4. The van der Waals surface area contributed by atoms with Crippen LogP contribution in [0.2, 0.25) is 0 Å². The van der Waals surface area contributed by atoms with Crippen molar-refractivity contribution in [3.63, 3.8) is 0 Å². The number of hydrogen-bond acceptors (Lipinski definition) is 6. The fraction of sp³-hybridized carbons (Fsp3) is 0.375. The third kappa shape index (κ3) is 6.53. The van der Waals surface area contributed by atoms with Crippen LogP contribution in [0.15, 0.2) is 48.7 Å². The number of benzene rings is 1. The quantitative estimate of drug-likeness (QED) is 0.532. The van der Waals surface area contributed by atoms with Crippen molar-refractivity contribution < 1.29 is 13.9 Å². The van der Waals surface area contributed by atoms with E-state index >= 15 is 0 Å². The Morgan fingerprint density at radius 3 is 2.61 bits per heavy atom. The van der Waals surface area contributed by atoms with Crippen molar-refractivity contribution in [1.82, 2.24) is 15.3 Å². The zero-order chi connectivity index (χ0) is 22.5. The smallest absolute Gasteiger partial charge is 0.218 e. The molecule has 2 fully saturated rings. The molecule has 4 heterocycles. The van der Waals surface area contributed by atoms with Crippen LogP contribution in [0.5, 0.6) is 5.88 Å². The molecule has 0 atom stereocenters. The fourth-order valence-electron chi connectivity index (χ4n) is 4.06. The Hall–Kier alpha value is -2.48. The first-order valence-corrected chi connectivity index (χ1v) is 11.2. The number of anilines is 1. The molecule has 2 saturated heterocycles. The van der Waals surface area contributed by atoms with Crippen molar-refractivity contribution in [2.24, 2.45) is 0 Å². The van der Waals surface area contributed by atoms with Crippen molar-refractivity contribution in [2.75, 3.05) is 31.1 Å². The molecule has 33 heavy (non-hydrogen) atoms. The highest BCUT2D eigenvalue weighted by molar-refractivity contribution is 6.62. The maximum absolute atomic E-state index is 13.8. The van der Waals surface area contributed by atoms with Gasteiger partial charge in [-0.2, -0.15) is 0 Å². The number of halogens is 3. The summed E-state index contributed by atoms with van der Waals surface area (Å²) in [7, 11) is 0. The second-order valence-corrected chi connectivity index (χ2v) is 8.58. The molecule has 3 aromatic rings. The highest BCUT2D eigenvalue weighted by Crippen LogP contribution is 2.33. The van der Waals surface area contributed by atoms with E-state index in [1.807, 2.05) is 18.2 Å². The highest BCUT2D eigenvalue weighted by Gasteiger charge is 2.31. The van der Waals surface area contributed by atoms with Crippen LogP contribution in [0, 0.1) is 5.82 Å². The minimum Gasteiger partial charge on any atom is -0.470 e. The number of carbonyl (C=O) groups excluding carboxylic acids is 1. The number of nitrogens with one attached hydrogen (secondary N) is 1. The number of aromatic nitrogens is 2. The lowest BCUT2D eigenvalue weighted by atomic mass is 9.91. The van der Waals surface area contributed by atoms with Crippen LogP contribution < -0.4 is 15.0 Å². The maximum Gasteiger partial charge on any atom is 0.218 e. The summed E-state index contributed by atoms with van der Waals surface area (Å²) in [6.07, 6.45) is 3.27. The molecule has 0 radical (unpaired) electrons. The van der Waals surface area contributed by atoms with E-state index in [-0.39, 0.29) is 29.6 Å². The summed E-state index contributed by atoms with van der Waals surface area (Å²) in [6.45, 7) is 4.71. The Bertz CT molecular complexity index is 1090. The zero-order valence-electron chi connectivity index (χ0n) is 18.3. The third-order valence-electron chi connectivity index (χ3n) is 5.66. The molecule has 2 aliphatic rings. The number of ether oxygens (including phenoxy) is 1. The molecule has 0 unspecified atom stereocenters. The van der Waals surface area contributed by atoms with Crippen LogP contribution in [0.1, 0.15) is 31.2 Å². The van der Waals surface area contributed by atoms with E-state index in [9.17, 15) is 9.18 Å². The number of hydrogen-bond donors (Lipinski definition) is 1. The van der Waals surface area contributed by atoms with Crippen LogP contribution in [0.4, 0.5) is 10.2 Å². The largest absolute Gasteiger partial charge is 0.470 e. The Balaban J connectivity index is 0.000000569. The third-order valence-corrected chi connectivity index (χ3v) is 5.66. The summed E-state index contributed by atoms with van der Waals surface area (Å²) in [5.74, 6) is 1.56. The predicted molar refractivity (Wildman–Crippen MR) is 131 cm³/mol. The van der Waals surface area contributed by atoms with Crippen LogP contribution in [-0.2, 0) is 4.79 Å². The summed E-state index contributed by atoms with van der Waals surface area (Å²) in [5.41, 5.74) is 1.90. The molecule has 2 aliphatic heterocycles. The van der Waals surface area contributed by atoms with E-state index in [0.29, 0.717) is 11.8 Å². The molecule has 5 rings (SSSR count). The number of para-hydroxylation sites is 1.